The molecule has 0 amide bonds. The molecular formula is C16H22F2NO4+. The van der Waals surface area contributed by atoms with Crippen LogP contribution in [0.5, 0.6) is 0 Å². The first-order chi connectivity index (χ1) is 10.3. The molecule has 1 heterocycles. The fraction of sp³-hybridized carbons (Fsp3) is 0.375. The number of benzene rings is 1. The molecule has 0 bridgehead atoms. The number of hydrogen-bond acceptors (Lipinski definition) is 2. The van der Waals surface area contributed by atoms with Gasteiger partial charge in [-0.3, -0.25) is 0 Å². The molecule has 2 rings (SSSR count). The maximum atomic E-state index is 13.5. The van der Waals surface area contributed by atoms with Crippen LogP contribution < -0.4 is 5.32 Å². The zero-order chi connectivity index (χ0) is 16.8. The van der Waals surface area contributed by atoms with Crippen molar-refractivity contribution in [2.75, 3.05) is 13.1 Å². The lowest BCUT2D eigenvalue weighted by Gasteiger charge is -2.21. The van der Waals surface area contributed by atoms with Crippen molar-refractivity contribution >= 4 is 11.9 Å². The first-order valence-electron chi connectivity index (χ1n) is 6.66. The van der Waals surface area contributed by atoms with Crippen molar-refractivity contribution in [2.24, 2.45) is 0 Å². The van der Waals surface area contributed by atoms with Gasteiger partial charge in [0.1, 0.15) is 0 Å². The van der Waals surface area contributed by atoms with E-state index in [0.29, 0.717) is 17.7 Å². The van der Waals surface area contributed by atoms with E-state index in [2.05, 4.69) is 5.32 Å². The highest BCUT2D eigenvalue weighted by molar-refractivity contribution is 5.89. The van der Waals surface area contributed by atoms with Crippen molar-refractivity contribution in [3.8, 4) is 0 Å². The summed E-state index contributed by atoms with van der Waals surface area (Å²) in [6.45, 7) is 3.83. The lowest BCUT2D eigenvalue weighted by atomic mass is 9.81. The van der Waals surface area contributed by atoms with E-state index in [4.69, 9.17) is 10.2 Å². The van der Waals surface area contributed by atoms with Crippen LogP contribution in [0.1, 0.15) is 26.3 Å². The molecule has 128 valence electrons. The Bertz CT molecular complexity index is 565. The molecule has 0 aliphatic carbocycles. The average Bonchev–Trinajstić information content (AvgIpc) is 2.88. The number of quaternary nitrogens is 1. The second kappa shape index (κ2) is 8.99. The van der Waals surface area contributed by atoms with Crippen LogP contribution in [0, 0.1) is 11.6 Å². The van der Waals surface area contributed by atoms with Gasteiger partial charge in [-0.1, -0.05) is 19.6 Å². The monoisotopic (exact) mass is 330 g/mol. The molecule has 5 nitrogen and oxygen atoms in total. The van der Waals surface area contributed by atoms with Crippen LogP contribution in [0.2, 0.25) is 0 Å². The SMILES string of the molecule is C.C[C@]1(c2cccc(F)c2F)CC[NH2+]C1.O=C(O)/C=C/C(=O)O. The normalized spacial score (nSPS) is 19.6. The van der Waals surface area contributed by atoms with Gasteiger partial charge in [0.2, 0.25) is 0 Å². The molecule has 1 aliphatic rings. The van der Waals surface area contributed by atoms with Crippen LogP contribution in [-0.4, -0.2) is 35.2 Å². The molecule has 23 heavy (non-hydrogen) atoms. The molecule has 1 fully saturated rings. The van der Waals surface area contributed by atoms with E-state index in [9.17, 15) is 18.4 Å². The van der Waals surface area contributed by atoms with Gasteiger partial charge in [-0.2, -0.15) is 0 Å². The Morgan fingerprint density at radius 1 is 1.22 bits per heavy atom. The van der Waals surface area contributed by atoms with Crippen molar-refractivity contribution in [2.45, 2.75) is 26.2 Å². The topological polar surface area (TPSA) is 91.2 Å². The number of carboxylic acids is 2. The number of nitrogens with two attached hydrogens (primary N) is 1. The molecular weight excluding hydrogens is 308 g/mol. The summed E-state index contributed by atoms with van der Waals surface area (Å²) in [7, 11) is 0. The van der Waals surface area contributed by atoms with Crippen molar-refractivity contribution in [3.63, 3.8) is 0 Å². The van der Waals surface area contributed by atoms with Gasteiger partial charge in [0.15, 0.2) is 11.6 Å². The Morgan fingerprint density at radius 2 is 1.78 bits per heavy atom. The third-order valence-electron chi connectivity index (χ3n) is 3.47. The molecule has 0 aromatic heterocycles. The molecule has 7 heteroatoms. The second-order valence-electron chi connectivity index (χ2n) is 5.20. The summed E-state index contributed by atoms with van der Waals surface area (Å²) in [6.07, 6.45) is 2.03. The highest BCUT2D eigenvalue weighted by Crippen LogP contribution is 2.30. The zero-order valence-corrected chi connectivity index (χ0v) is 12.1. The zero-order valence-electron chi connectivity index (χ0n) is 12.1. The largest absolute Gasteiger partial charge is 0.478 e. The van der Waals surface area contributed by atoms with Crippen LogP contribution >= 0.6 is 0 Å². The lowest BCUT2D eigenvalue weighted by molar-refractivity contribution is -0.638. The van der Waals surface area contributed by atoms with Crippen molar-refractivity contribution in [1.29, 1.82) is 0 Å². The molecule has 1 aliphatic heterocycles. The van der Waals surface area contributed by atoms with E-state index in [0.717, 1.165) is 19.5 Å². The van der Waals surface area contributed by atoms with Gasteiger partial charge in [-0.25, -0.2) is 18.4 Å². The highest BCUT2D eigenvalue weighted by Gasteiger charge is 2.36. The van der Waals surface area contributed by atoms with Gasteiger partial charge in [-0.15, -0.1) is 0 Å². The predicted molar refractivity (Wildman–Crippen MR) is 81.1 cm³/mol. The van der Waals surface area contributed by atoms with E-state index >= 15 is 0 Å². The maximum absolute atomic E-state index is 13.5. The Hall–Kier alpha value is -2.28. The van der Waals surface area contributed by atoms with Crippen LogP contribution in [0.3, 0.4) is 0 Å². The third kappa shape index (κ3) is 6.15. The predicted octanol–water partition coefficient (Wildman–Crippen LogP) is 1.54. The van der Waals surface area contributed by atoms with Crippen molar-refractivity contribution in [3.05, 3.63) is 47.5 Å². The molecule has 0 saturated carbocycles. The van der Waals surface area contributed by atoms with Gasteiger partial charge < -0.3 is 15.5 Å². The van der Waals surface area contributed by atoms with Crippen LogP contribution in [0.4, 0.5) is 8.78 Å². The Kier molecular flexibility index (Phi) is 8.10. The maximum Gasteiger partial charge on any atom is 0.328 e. The summed E-state index contributed by atoms with van der Waals surface area (Å²) in [5.41, 5.74) is 0.317. The minimum Gasteiger partial charge on any atom is -0.478 e. The summed E-state index contributed by atoms with van der Waals surface area (Å²) in [5, 5.41) is 17.8. The van der Waals surface area contributed by atoms with E-state index in [1.54, 1.807) is 12.1 Å². The van der Waals surface area contributed by atoms with Gasteiger partial charge >= 0.3 is 11.9 Å². The summed E-state index contributed by atoms with van der Waals surface area (Å²) < 4.78 is 26.5. The third-order valence-corrected chi connectivity index (χ3v) is 3.47. The minimum atomic E-state index is -1.26. The van der Waals surface area contributed by atoms with E-state index in [-0.39, 0.29) is 12.8 Å². The van der Waals surface area contributed by atoms with Crippen LogP contribution in [-0.2, 0) is 15.0 Å². The van der Waals surface area contributed by atoms with E-state index in [1.165, 1.54) is 6.07 Å². The molecule has 0 spiro atoms. The smallest absolute Gasteiger partial charge is 0.328 e. The molecule has 0 radical (unpaired) electrons. The fourth-order valence-corrected chi connectivity index (χ4v) is 2.30. The second-order valence-corrected chi connectivity index (χ2v) is 5.20. The van der Waals surface area contributed by atoms with Crippen molar-refractivity contribution < 1.29 is 33.9 Å². The summed E-state index contributed by atoms with van der Waals surface area (Å²) in [4.78, 5) is 19.1. The number of halogens is 2. The van der Waals surface area contributed by atoms with Gasteiger partial charge in [0, 0.05) is 29.6 Å². The summed E-state index contributed by atoms with van der Waals surface area (Å²) in [6, 6.07) is 4.44. The van der Waals surface area contributed by atoms with Gasteiger partial charge in [-0.05, 0) is 13.0 Å². The number of carbonyl (C=O) groups is 2. The molecule has 1 aromatic carbocycles. The first-order valence-corrected chi connectivity index (χ1v) is 6.66. The highest BCUT2D eigenvalue weighted by atomic mass is 19.2. The quantitative estimate of drug-likeness (QED) is 0.733. The molecule has 0 unspecified atom stereocenters. The molecule has 1 atom stereocenters. The number of hydrogen-bond donors (Lipinski definition) is 3. The number of aliphatic carboxylic acids is 2. The Morgan fingerprint density at radius 3 is 2.22 bits per heavy atom. The first kappa shape index (κ1) is 20.7. The standard InChI is InChI=1S/C11H13F2N.C4H4O4.CH4/c1-11(5-6-14-7-11)8-3-2-4-9(12)10(8)13;5-3(6)1-2-4(7)8;/h2-4,14H,5-7H2,1H3;1-2H,(H,5,6)(H,7,8);1H4/p+1/b;2-1+;/t11-;;/m0../s1. The number of carboxylic acid groups (broad SMARTS) is 2. The van der Waals surface area contributed by atoms with E-state index < -0.39 is 23.6 Å². The van der Waals surface area contributed by atoms with Gasteiger partial charge in [0.05, 0.1) is 13.1 Å². The summed E-state index contributed by atoms with van der Waals surface area (Å²) in [5.74, 6) is -3.93. The number of rotatable bonds is 3. The average molecular weight is 330 g/mol. The fourth-order valence-electron chi connectivity index (χ4n) is 2.30. The Balaban J connectivity index is 0.000000469. The Labute approximate surface area is 133 Å². The molecule has 1 saturated heterocycles. The van der Waals surface area contributed by atoms with Crippen LogP contribution in [0.25, 0.3) is 0 Å². The summed E-state index contributed by atoms with van der Waals surface area (Å²) >= 11 is 0. The van der Waals surface area contributed by atoms with E-state index in [1.807, 2.05) is 6.92 Å². The molecule has 4 N–H and O–H groups in total. The van der Waals surface area contributed by atoms with Gasteiger partial charge in [0.25, 0.3) is 0 Å². The lowest BCUT2D eigenvalue weighted by Crippen LogP contribution is -2.82. The minimum absolute atomic E-state index is 0. The molecule has 1 aromatic rings. The van der Waals surface area contributed by atoms with Crippen LogP contribution in [0.15, 0.2) is 30.4 Å². The van der Waals surface area contributed by atoms with Crippen molar-refractivity contribution in [1.82, 2.24) is 0 Å².